The Hall–Kier alpha value is -1.99. The normalized spacial score (nSPS) is 17.2. The molecule has 1 amide bonds. The lowest BCUT2D eigenvalue weighted by Crippen LogP contribution is -2.25. The fourth-order valence-corrected chi connectivity index (χ4v) is 2.47. The first-order valence-electron chi connectivity index (χ1n) is 7.80. The van der Waals surface area contributed by atoms with Crippen LogP contribution in [0.4, 0.5) is 5.69 Å². The van der Waals surface area contributed by atoms with E-state index in [9.17, 15) is 14.9 Å². The fourth-order valence-electron chi connectivity index (χ4n) is 2.47. The molecule has 1 aliphatic rings. The number of nitrogens with zero attached hydrogens (tertiary/aromatic N) is 1. The van der Waals surface area contributed by atoms with E-state index in [1.807, 2.05) is 0 Å². The van der Waals surface area contributed by atoms with E-state index < -0.39 is 4.92 Å². The summed E-state index contributed by atoms with van der Waals surface area (Å²) in [4.78, 5) is 22.3. The summed E-state index contributed by atoms with van der Waals surface area (Å²) in [6, 6.07) is 4.35. The lowest BCUT2D eigenvalue weighted by Gasteiger charge is -2.10. The molecule has 1 aromatic carbocycles. The van der Waals surface area contributed by atoms with Gasteiger partial charge < -0.3 is 14.8 Å². The molecule has 126 valence electrons. The molecule has 1 aromatic rings. The van der Waals surface area contributed by atoms with Crippen LogP contribution in [0.5, 0.6) is 0 Å². The zero-order chi connectivity index (χ0) is 16.7. The lowest BCUT2D eigenvalue weighted by atomic mass is 10.1. The van der Waals surface area contributed by atoms with Crippen LogP contribution in [0.15, 0.2) is 18.2 Å². The zero-order valence-corrected chi connectivity index (χ0v) is 13.2. The summed E-state index contributed by atoms with van der Waals surface area (Å²) in [6.45, 7) is 4.11. The van der Waals surface area contributed by atoms with Crippen molar-refractivity contribution in [2.75, 3.05) is 26.4 Å². The monoisotopic (exact) mass is 322 g/mol. The first-order chi connectivity index (χ1) is 11.1. The molecule has 1 fully saturated rings. The highest BCUT2D eigenvalue weighted by atomic mass is 16.6. The van der Waals surface area contributed by atoms with Crippen LogP contribution in [0, 0.1) is 17.0 Å². The standard InChI is InChI=1S/C16H22N2O5/c1-12-10-13(5-6-15(12)18(20)21)16(19)17-7-3-8-22-11-14-4-2-9-23-14/h5-6,10,14H,2-4,7-9,11H2,1H3,(H,17,19). The number of nitro groups is 1. The topological polar surface area (TPSA) is 90.7 Å². The number of nitro benzene ring substituents is 1. The minimum absolute atomic E-state index is 0.0177. The van der Waals surface area contributed by atoms with Gasteiger partial charge in [-0.05, 0) is 38.3 Å². The van der Waals surface area contributed by atoms with Gasteiger partial charge in [0.05, 0.1) is 17.6 Å². The summed E-state index contributed by atoms with van der Waals surface area (Å²) < 4.78 is 11.0. The predicted molar refractivity (Wildman–Crippen MR) is 84.6 cm³/mol. The summed E-state index contributed by atoms with van der Waals surface area (Å²) in [5.74, 6) is -0.234. The number of ether oxygens (including phenoxy) is 2. The number of aryl methyl sites for hydroxylation is 1. The van der Waals surface area contributed by atoms with E-state index in [2.05, 4.69) is 5.32 Å². The lowest BCUT2D eigenvalue weighted by molar-refractivity contribution is -0.385. The van der Waals surface area contributed by atoms with Gasteiger partial charge in [0.1, 0.15) is 0 Å². The highest BCUT2D eigenvalue weighted by Gasteiger charge is 2.15. The number of rotatable bonds is 8. The molecule has 1 heterocycles. The van der Waals surface area contributed by atoms with Crippen LogP contribution in [-0.2, 0) is 9.47 Å². The molecule has 7 heteroatoms. The van der Waals surface area contributed by atoms with Gasteiger partial charge in [0.2, 0.25) is 0 Å². The molecule has 1 unspecified atom stereocenters. The van der Waals surface area contributed by atoms with Crippen LogP contribution in [0.25, 0.3) is 0 Å². The third-order valence-corrected chi connectivity index (χ3v) is 3.73. The molecule has 1 aliphatic heterocycles. The summed E-state index contributed by atoms with van der Waals surface area (Å²) >= 11 is 0. The summed E-state index contributed by atoms with van der Waals surface area (Å²) in [6.07, 6.45) is 3.08. The van der Waals surface area contributed by atoms with Crippen molar-refractivity contribution in [3.8, 4) is 0 Å². The molecular weight excluding hydrogens is 300 g/mol. The molecule has 0 aromatic heterocycles. The van der Waals surface area contributed by atoms with Crippen LogP contribution in [-0.4, -0.2) is 43.3 Å². The van der Waals surface area contributed by atoms with E-state index in [1.54, 1.807) is 6.92 Å². The molecule has 1 atom stereocenters. The first-order valence-corrected chi connectivity index (χ1v) is 7.80. The van der Waals surface area contributed by atoms with Gasteiger partial charge in [-0.25, -0.2) is 0 Å². The molecular formula is C16H22N2O5. The Morgan fingerprint density at radius 3 is 3.00 bits per heavy atom. The molecule has 0 radical (unpaired) electrons. The number of amides is 1. The maximum absolute atomic E-state index is 12.0. The molecule has 0 saturated carbocycles. The van der Waals surface area contributed by atoms with E-state index in [-0.39, 0.29) is 17.7 Å². The Balaban J connectivity index is 1.66. The Labute approximate surface area is 135 Å². The number of nitrogens with one attached hydrogen (secondary N) is 1. The van der Waals surface area contributed by atoms with Gasteiger partial charge in [0.15, 0.2) is 0 Å². The zero-order valence-electron chi connectivity index (χ0n) is 13.2. The predicted octanol–water partition coefficient (Wildman–Crippen LogP) is 2.22. The Morgan fingerprint density at radius 1 is 1.52 bits per heavy atom. The van der Waals surface area contributed by atoms with Crippen molar-refractivity contribution in [2.45, 2.75) is 32.3 Å². The van der Waals surface area contributed by atoms with Crippen molar-refractivity contribution in [3.63, 3.8) is 0 Å². The molecule has 1 saturated heterocycles. The van der Waals surface area contributed by atoms with E-state index >= 15 is 0 Å². The average Bonchev–Trinajstić information content (AvgIpc) is 3.03. The fraction of sp³-hybridized carbons (Fsp3) is 0.562. The van der Waals surface area contributed by atoms with Crippen LogP contribution >= 0.6 is 0 Å². The van der Waals surface area contributed by atoms with E-state index in [1.165, 1.54) is 18.2 Å². The van der Waals surface area contributed by atoms with Gasteiger partial charge in [-0.15, -0.1) is 0 Å². The highest BCUT2D eigenvalue weighted by molar-refractivity contribution is 5.94. The average molecular weight is 322 g/mol. The molecule has 1 N–H and O–H groups in total. The van der Waals surface area contributed by atoms with E-state index in [0.717, 1.165) is 19.4 Å². The molecule has 0 spiro atoms. The third-order valence-electron chi connectivity index (χ3n) is 3.73. The minimum atomic E-state index is -0.456. The summed E-state index contributed by atoms with van der Waals surface area (Å²) in [5, 5.41) is 13.5. The maximum Gasteiger partial charge on any atom is 0.272 e. The van der Waals surface area contributed by atoms with Gasteiger partial charge in [-0.2, -0.15) is 0 Å². The Morgan fingerprint density at radius 2 is 2.35 bits per heavy atom. The summed E-state index contributed by atoms with van der Waals surface area (Å²) in [7, 11) is 0. The van der Waals surface area contributed by atoms with Gasteiger partial charge in [-0.1, -0.05) is 0 Å². The third kappa shape index (κ3) is 5.30. The molecule has 0 aliphatic carbocycles. The maximum atomic E-state index is 12.0. The van der Waals surface area contributed by atoms with Gasteiger partial charge >= 0.3 is 0 Å². The second-order valence-corrected chi connectivity index (χ2v) is 5.58. The molecule has 7 nitrogen and oxygen atoms in total. The number of carbonyl (C=O) groups is 1. The van der Waals surface area contributed by atoms with Crippen molar-refractivity contribution in [3.05, 3.63) is 39.4 Å². The van der Waals surface area contributed by atoms with E-state index in [0.29, 0.717) is 37.3 Å². The largest absolute Gasteiger partial charge is 0.379 e. The number of carbonyl (C=O) groups excluding carboxylic acids is 1. The summed E-state index contributed by atoms with van der Waals surface area (Å²) in [5.41, 5.74) is 0.917. The second-order valence-electron chi connectivity index (χ2n) is 5.58. The smallest absolute Gasteiger partial charge is 0.272 e. The van der Waals surface area contributed by atoms with Crippen LogP contribution < -0.4 is 5.32 Å². The first kappa shape index (κ1) is 17.4. The van der Waals surface area contributed by atoms with Crippen LogP contribution in [0.1, 0.15) is 35.2 Å². The quantitative estimate of drug-likeness (QED) is 0.450. The van der Waals surface area contributed by atoms with Gasteiger partial charge in [0.25, 0.3) is 11.6 Å². The van der Waals surface area contributed by atoms with Crippen molar-refractivity contribution in [1.29, 1.82) is 0 Å². The van der Waals surface area contributed by atoms with Crippen molar-refractivity contribution in [1.82, 2.24) is 5.32 Å². The Bertz CT molecular complexity index is 555. The molecule has 0 bridgehead atoms. The second kappa shape index (κ2) is 8.59. The van der Waals surface area contributed by atoms with E-state index in [4.69, 9.17) is 9.47 Å². The van der Waals surface area contributed by atoms with Crippen molar-refractivity contribution in [2.24, 2.45) is 0 Å². The van der Waals surface area contributed by atoms with Crippen LogP contribution in [0.2, 0.25) is 0 Å². The highest BCUT2D eigenvalue weighted by Crippen LogP contribution is 2.18. The van der Waals surface area contributed by atoms with Crippen molar-refractivity contribution < 1.29 is 19.2 Å². The van der Waals surface area contributed by atoms with Crippen molar-refractivity contribution >= 4 is 11.6 Å². The number of hydrogen-bond donors (Lipinski definition) is 1. The number of hydrogen-bond acceptors (Lipinski definition) is 5. The number of benzene rings is 1. The Kier molecular flexibility index (Phi) is 6.49. The molecule has 23 heavy (non-hydrogen) atoms. The van der Waals surface area contributed by atoms with Crippen LogP contribution in [0.3, 0.4) is 0 Å². The van der Waals surface area contributed by atoms with Gasteiger partial charge in [0, 0.05) is 37.0 Å². The molecule has 2 rings (SSSR count). The SMILES string of the molecule is Cc1cc(C(=O)NCCCOCC2CCCO2)ccc1[N+](=O)[O-]. The van der Waals surface area contributed by atoms with Gasteiger partial charge in [-0.3, -0.25) is 14.9 Å². The minimum Gasteiger partial charge on any atom is -0.379 e.